The molecule has 1 aromatic rings. The van der Waals surface area contributed by atoms with Crippen LogP contribution in [0.3, 0.4) is 0 Å². The van der Waals surface area contributed by atoms with Crippen LogP contribution in [0, 0.1) is 5.82 Å². The molecule has 2 rings (SSSR count). The molecule has 1 aromatic carbocycles. The van der Waals surface area contributed by atoms with Crippen molar-refractivity contribution in [3.63, 3.8) is 0 Å². The maximum absolute atomic E-state index is 13.2. The Bertz CT molecular complexity index is 493. The molecule has 2 unspecified atom stereocenters. The molecular formula is C15H21FN2OS. The number of rotatable bonds is 7. The summed E-state index contributed by atoms with van der Waals surface area (Å²) in [5, 5.41) is 3.50. The van der Waals surface area contributed by atoms with E-state index in [1.54, 1.807) is 17.8 Å². The van der Waals surface area contributed by atoms with Crippen molar-refractivity contribution in [1.82, 2.24) is 5.32 Å². The molecule has 0 bridgehead atoms. The van der Waals surface area contributed by atoms with Gasteiger partial charge in [-0.3, -0.25) is 4.79 Å². The van der Waals surface area contributed by atoms with E-state index in [4.69, 9.17) is 5.73 Å². The van der Waals surface area contributed by atoms with Crippen LogP contribution in [0.25, 0.3) is 0 Å². The third kappa shape index (κ3) is 4.21. The van der Waals surface area contributed by atoms with E-state index in [1.165, 1.54) is 12.1 Å². The van der Waals surface area contributed by atoms with Crippen molar-refractivity contribution in [3.05, 3.63) is 30.1 Å². The number of hydrogen-bond donors (Lipinski definition) is 2. The van der Waals surface area contributed by atoms with Gasteiger partial charge in [-0.15, -0.1) is 11.8 Å². The van der Waals surface area contributed by atoms with E-state index in [0.29, 0.717) is 12.5 Å². The number of hydrogen-bond acceptors (Lipinski definition) is 3. The third-order valence-electron chi connectivity index (χ3n) is 3.47. The minimum absolute atomic E-state index is 0.167. The molecule has 1 fully saturated rings. The summed E-state index contributed by atoms with van der Waals surface area (Å²) in [7, 11) is 0. The van der Waals surface area contributed by atoms with E-state index in [1.807, 2.05) is 19.9 Å². The molecule has 1 saturated carbocycles. The number of benzene rings is 1. The molecule has 0 radical (unpaired) electrons. The lowest BCUT2D eigenvalue weighted by atomic mass is 9.95. The van der Waals surface area contributed by atoms with Crippen LogP contribution in [-0.4, -0.2) is 22.7 Å². The summed E-state index contributed by atoms with van der Waals surface area (Å²) in [6, 6.07) is 6.92. The Hall–Kier alpha value is -1.07. The summed E-state index contributed by atoms with van der Waals surface area (Å²) >= 11 is 1.56. The molecule has 1 aliphatic rings. The zero-order valence-electron chi connectivity index (χ0n) is 11.9. The minimum Gasteiger partial charge on any atom is -0.368 e. The fraction of sp³-hybridized carbons (Fsp3) is 0.533. The van der Waals surface area contributed by atoms with E-state index in [-0.39, 0.29) is 17.0 Å². The van der Waals surface area contributed by atoms with Crippen LogP contribution in [0.4, 0.5) is 4.39 Å². The summed E-state index contributed by atoms with van der Waals surface area (Å²) < 4.78 is 13.2. The van der Waals surface area contributed by atoms with Gasteiger partial charge in [0.15, 0.2) is 0 Å². The van der Waals surface area contributed by atoms with E-state index >= 15 is 0 Å². The molecule has 1 amide bonds. The molecular weight excluding hydrogens is 275 g/mol. The largest absolute Gasteiger partial charge is 0.368 e. The summed E-state index contributed by atoms with van der Waals surface area (Å²) in [5.74, 6) is -0.563. The highest BCUT2D eigenvalue weighted by atomic mass is 32.2. The third-order valence-corrected chi connectivity index (χ3v) is 4.57. The van der Waals surface area contributed by atoms with Crippen molar-refractivity contribution in [3.8, 4) is 0 Å². The molecule has 5 heteroatoms. The molecule has 3 N–H and O–H groups in total. The number of carbonyl (C=O) groups excluding carboxylic acids is 1. The first-order valence-corrected chi connectivity index (χ1v) is 7.77. The van der Waals surface area contributed by atoms with E-state index < -0.39 is 5.54 Å². The van der Waals surface area contributed by atoms with Crippen LogP contribution in [0.1, 0.15) is 33.1 Å². The predicted molar refractivity (Wildman–Crippen MR) is 80.1 cm³/mol. The van der Waals surface area contributed by atoms with Gasteiger partial charge in [0.1, 0.15) is 5.82 Å². The predicted octanol–water partition coefficient (Wildman–Crippen LogP) is 2.69. The van der Waals surface area contributed by atoms with Gasteiger partial charge in [0.25, 0.3) is 0 Å². The Kier molecular flexibility index (Phi) is 4.70. The quantitative estimate of drug-likeness (QED) is 0.761. The number of thioether (sulfide) groups is 1. The maximum atomic E-state index is 13.2. The zero-order chi connectivity index (χ0) is 14.8. The van der Waals surface area contributed by atoms with Crippen LogP contribution < -0.4 is 11.1 Å². The van der Waals surface area contributed by atoms with Gasteiger partial charge in [-0.2, -0.15) is 0 Å². The van der Waals surface area contributed by atoms with Gasteiger partial charge in [0, 0.05) is 16.2 Å². The van der Waals surface area contributed by atoms with Crippen LogP contribution >= 0.6 is 11.8 Å². The van der Waals surface area contributed by atoms with Crippen molar-refractivity contribution < 1.29 is 9.18 Å². The van der Waals surface area contributed by atoms with Gasteiger partial charge < -0.3 is 11.1 Å². The van der Waals surface area contributed by atoms with Crippen LogP contribution in [0.5, 0.6) is 0 Å². The summed E-state index contributed by atoms with van der Waals surface area (Å²) in [4.78, 5) is 12.6. The van der Waals surface area contributed by atoms with Crippen molar-refractivity contribution in [2.75, 3.05) is 0 Å². The lowest BCUT2D eigenvalue weighted by Crippen LogP contribution is -2.55. The topological polar surface area (TPSA) is 55.1 Å². The van der Waals surface area contributed by atoms with Gasteiger partial charge in [0.2, 0.25) is 5.91 Å². The number of halogens is 1. The molecule has 110 valence electrons. The molecule has 0 aromatic heterocycles. The standard InChI is InChI=1S/C15H21FN2OS/c1-10(20-13-5-3-4-11(16)8-13)9-15(2,14(17)19)18-12-6-7-12/h3-5,8,10,12,18H,6-7,9H2,1-2H3,(H2,17,19). The molecule has 0 saturated heterocycles. The molecule has 0 spiro atoms. The van der Waals surface area contributed by atoms with E-state index in [9.17, 15) is 9.18 Å². The Morgan fingerprint density at radius 1 is 1.60 bits per heavy atom. The number of amides is 1. The average Bonchev–Trinajstić information content (AvgIpc) is 3.12. The first-order chi connectivity index (χ1) is 9.39. The Morgan fingerprint density at radius 3 is 2.85 bits per heavy atom. The van der Waals surface area contributed by atoms with Gasteiger partial charge in [-0.1, -0.05) is 13.0 Å². The second-order valence-electron chi connectivity index (χ2n) is 5.70. The second-order valence-corrected chi connectivity index (χ2v) is 7.22. The Morgan fingerprint density at radius 2 is 2.30 bits per heavy atom. The van der Waals surface area contributed by atoms with Crippen molar-refractivity contribution in [2.24, 2.45) is 5.73 Å². The molecule has 3 nitrogen and oxygen atoms in total. The lowest BCUT2D eigenvalue weighted by molar-refractivity contribution is -0.124. The normalized spacial score (nSPS) is 19.4. The van der Waals surface area contributed by atoms with Crippen molar-refractivity contribution in [2.45, 2.75) is 54.8 Å². The maximum Gasteiger partial charge on any atom is 0.237 e. The number of nitrogens with two attached hydrogens (primary N) is 1. The SMILES string of the molecule is CC(CC(C)(NC1CC1)C(N)=O)Sc1cccc(F)c1. The second kappa shape index (κ2) is 6.14. The number of carbonyl (C=O) groups is 1. The molecule has 20 heavy (non-hydrogen) atoms. The van der Waals surface area contributed by atoms with Crippen LogP contribution in [-0.2, 0) is 4.79 Å². The monoisotopic (exact) mass is 296 g/mol. The zero-order valence-corrected chi connectivity index (χ0v) is 12.7. The first-order valence-electron chi connectivity index (χ1n) is 6.89. The summed E-state index contributed by atoms with van der Waals surface area (Å²) in [6.07, 6.45) is 2.84. The number of primary amides is 1. The fourth-order valence-electron chi connectivity index (χ4n) is 2.30. The molecule has 0 aliphatic heterocycles. The van der Waals surface area contributed by atoms with E-state index in [0.717, 1.165) is 17.7 Å². The summed E-state index contributed by atoms with van der Waals surface area (Å²) in [6.45, 7) is 3.89. The van der Waals surface area contributed by atoms with Crippen LogP contribution in [0.15, 0.2) is 29.2 Å². The highest BCUT2D eigenvalue weighted by Crippen LogP contribution is 2.31. The van der Waals surface area contributed by atoms with Crippen LogP contribution in [0.2, 0.25) is 0 Å². The average molecular weight is 296 g/mol. The minimum atomic E-state index is -0.694. The smallest absolute Gasteiger partial charge is 0.237 e. The first kappa shape index (κ1) is 15.3. The van der Waals surface area contributed by atoms with Crippen molar-refractivity contribution in [1.29, 1.82) is 0 Å². The van der Waals surface area contributed by atoms with Gasteiger partial charge in [-0.05, 0) is 44.4 Å². The molecule has 2 atom stereocenters. The molecule has 1 aliphatic carbocycles. The van der Waals surface area contributed by atoms with Crippen molar-refractivity contribution >= 4 is 17.7 Å². The lowest BCUT2D eigenvalue weighted by Gasteiger charge is -2.30. The Balaban J connectivity index is 1.97. The molecule has 0 heterocycles. The van der Waals surface area contributed by atoms with Gasteiger partial charge in [0.05, 0.1) is 5.54 Å². The highest BCUT2D eigenvalue weighted by molar-refractivity contribution is 7.99. The number of nitrogens with one attached hydrogen (secondary N) is 1. The fourth-order valence-corrected chi connectivity index (χ4v) is 3.52. The van der Waals surface area contributed by atoms with Gasteiger partial charge >= 0.3 is 0 Å². The highest BCUT2D eigenvalue weighted by Gasteiger charge is 2.38. The summed E-state index contributed by atoms with van der Waals surface area (Å²) in [5.41, 5.74) is 4.85. The van der Waals surface area contributed by atoms with E-state index in [2.05, 4.69) is 5.32 Å². The Labute approximate surface area is 123 Å². The van der Waals surface area contributed by atoms with Gasteiger partial charge in [-0.25, -0.2) is 4.39 Å².